The van der Waals surface area contributed by atoms with Crippen LogP contribution in [0.25, 0.3) is 0 Å². The molecule has 0 radical (unpaired) electrons. The molecule has 0 bridgehead atoms. The van der Waals surface area contributed by atoms with Crippen molar-refractivity contribution >= 4 is 15.9 Å². The molecule has 1 aromatic heterocycles. The average molecular weight is 285 g/mol. The molecular formula is C12H17BrN2O. The molecule has 1 fully saturated rings. The van der Waals surface area contributed by atoms with Gasteiger partial charge in [0.15, 0.2) is 0 Å². The summed E-state index contributed by atoms with van der Waals surface area (Å²) in [5.74, 6) is 0.728. The van der Waals surface area contributed by atoms with Gasteiger partial charge in [-0.1, -0.05) is 0 Å². The zero-order valence-corrected chi connectivity index (χ0v) is 10.9. The van der Waals surface area contributed by atoms with E-state index in [1.807, 2.05) is 12.1 Å². The predicted octanol–water partition coefficient (Wildman–Crippen LogP) is 2.36. The van der Waals surface area contributed by atoms with Crippen LogP contribution in [0.15, 0.2) is 22.9 Å². The third-order valence-corrected chi connectivity index (χ3v) is 3.31. The lowest BCUT2D eigenvalue weighted by Crippen LogP contribution is -2.29. The van der Waals surface area contributed by atoms with Crippen LogP contribution in [0.1, 0.15) is 18.4 Å². The largest absolute Gasteiger partial charge is 0.376 e. The number of hydrogen-bond acceptors (Lipinski definition) is 3. The van der Waals surface area contributed by atoms with E-state index in [1.165, 1.54) is 18.4 Å². The summed E-state index contributed by atoms with van der Waals surface area (Å²) in [6.45, 7) is 3.83. The Morgan fingerprint density at radius 1 is 1.44 bits per heavy atom. The van der Waals surface area contributed by atoms with Gasteiger partial charge in [0.05, 0.1) is 6.61 Å². The van der Waals surface area contributed by atoms with Crippen LogP contribution >= 0.6 is 15.9 Å². The fourth-order valence-corrected chi connectivity index (χ4v) is 2.34. The maximum absolute atomic E-state index is 5.74. The molecule has 0 saturated carbocycles. The van der Waals surface area contributed by atoms with Crippen molar-refractivity contribution in [3.05, 3.63) is 28.5 Å². The molecule has 3 nitrogen and oxygen atoms in total. The van der Waals surface area contributed by atoms with Gasteiger partial charge in [-0.2, -0.15) is 0 Å². The van der Waals surface area contributed by atoms with Gasteiger partial charge in [0.2, 0.25) is 0 Å². The summed E-state index contributed by atoms with van der Waals surface area (Å²) >= 11 is 3.36. The monoisotopic (exact) mass is 284 g/mol. The molecule has 0 aliphatic carbocycles. The number of nitrogens with one attached hydrogen (secondary N) is 1. The van der Waals surface area contributed by atoms with E-state index in [0.29, 0.717) is 6.61 Å². The van der Waals surface area contributed by atoms with Crippen molar-refractivity contribution < 1.29 is 4.74 Å². The Morgan fingerprint density at radius 2 is 2.25 bits per heavy atom. The summed E-state index contributed by atoms with van der Waals surface area (Å²) in [4.78, 5) is 4.09. The number of piperidine rings is 1. The summed E-state index contributed by atoms with van der Waals surface area (Å²) in [5.41, 5.74) is 1.18. The molecule has 2 rings (SSSR count). The molecular weight excluding hydrogens is 268 g/mol. The van der Waals surface area contributed by atoms with Crippen molar-refractivity contribution in [3.8, 4) is 0 Å². The first-order valence-electron chi connectivity index (χ1n) is 5.73. The second kappa shape index (κ2) is 6.33. The first kappa shape index (κ1) is 12.0. The Bertz CT molecular complexity index is 327. The normalized spacial score (nSPS) is 17.6. The van der Waals surface area contributed by atoms with Crippen LogP contribution < -0.4 is 5.32 Å². The highest BCUT2D eigenvalue weighted by atomic mass is 79.9. The number of ether oxygens (including phenoxy) is 1. The van der Waals surface area contributed by atoms with Crippen molar-refractivity contribution in [2.24, 2.45) is 5.92 Å². The number of nitrogens with zero attached hydrogens (tertiary/aromatic N) is 1. The number of hydrogen-bond donors (Lipinski definition) is 1. The number of rotatable bonds is 4. The van der Waals surface area contributed by atoms with Crippen LogP contribution in [0.3, 0.4) is 0 Å². The molecule has 0 amide bonds. The Hall–Kier alpha value is -0.450. The van der Waals surface area contributed by atoms with Crippen LogP contribution in [0.2, 0.25) is 0 Å². The molecule has 1 aliphatic rings. The lowest BCUT2D eigenvalue weighted by atomic mass is 9.99. The second-order valence-corrected chi connectivity index (χ2v) is 5.01. The summed E-state index contributed by atoms with van der Waals surface area (Å²) in [5, 5.41) is 3.36. The Morgan fingerprint density at radius 3 is 3.00 bits per heavy atom. The minimum Gasteiger partial charge on any atom is -0.376 e. The lowest BCUT2D eigenvalue weighted by molar-refractivity contribution is 0.0763. The van der Waals surface area contributed by atoms with Crippen molar-refractivity contribution in [1.82, 2.24) is 10.3 Å². The molecule has 1 aliphatic heterocycles. The molecule has 0 aromatic carbocycles. The maximum Gasteiger partial charge on any atom is 0.106 e. The van der Waals surface area contributed by atoms with E-state index in [2.05, 4.69) is 26.2 Å². The molecule has 16 heavy (non-hydrogen) atoms. The Balaban J connectivity index is 1.71. The van der Waals surface area contributed by atoms with Crippen LogP contribution in [-0.2, 0) is 11.3 Å². The summed E-state index contributed by atoms with van der Waals surface area (Å²) in [6, 6.07) is 4.00. The zero-order chi connectivity index (χ0) is 11.2. The van der Waals surface area contributed by atoms with E-state index in [4.69, 9.17) is 4.74 Å². The van der Waals surface area contributed by atoms with E-state index in [1.54, 1.807) is 6.20 Å². The molecule has 2 heterocycles. The fourth-order valence-electron chi connectivity index (χ4n) is 1.92. The van der Waals surface area contributed by atoms with Crippen LogP contribution in [0.5, 0.6) is 0 Å². The molecule has 0 atom stereocenters. The standard InChI is InChI=1S/C12H17BrN2O/c13-12-7-11(3-6-15-12)9-16-8-10-1-4-14-5-2-10/h3,6-7,10,14H,1-2,4-5,8-9H2. The van der Waals surface area contributed by atoms with E-state index in [0.717, 1.165) is 30.2 Å². The average Bonchev–Trinajstić information content (AvgIpc) is 2.30. The molecule has 0 spiro atoms. The van der Waals surface area contributed by atoms with Gasteiger partial charge in [0.1, 0.15) is 4.60 Å². The third kappa shape index (κ3) is 3.85. The van der Waals surface area contributed by atoms with Gasteiger partial charge in [-0.05, 0) is 65.5 Å². The van der Waals surface area contributed by atoms with Crippen LogP contribution in [-0.4, -0.2) is 24.7 Å². The Kier molecular flexibility index (Phi) is 4.75. The molecule has 1 saturated heterocycles. The Labute approximate surface area is 105 Å². The smallest absolute Gasteiger partial charge is 0.106 e. The third-order valence-electron chi connectivity index (χ3n) is 2.87. The summed E-state index contributed by atoms with van der Waals surface area (Å²) in [7, 11) is 0. The van der Waals surface area contributed by atoms with Gasteiger partial charge in [0.25, 0.3) is 0 Å². The maximum atomic E-state index is 5.74. The van der Waals surface area contributed by atoms with Gasteiger partial charge in [0, 0.05) is 12.8 Å². The number of halogens is 1. The summed E-state index contributed by atoms with van der Waals surface area (Å²) in [6.07, 6.45) is 4.27. The number of pyridine rings is 1. The highest BCUT2D eigenvalue weighted by molar-refractivity contribution is 9.10. The lowest BCUT2D eigenvalue weighted by Gasteiger charge is -2.22. The minimum atomic E-state index is 0.686. The first-order chi connectivity index (χ1) is 7.84. The first-order valence-corrected chi connectivity index (χ1v) is 6.53. The highest BCUT2D eigenvalue weighted by Gasteiger charge is 2.12. The topological polar surface area (TPSA) is 34.1 Å². The van der Waals surface area contributed by atoms with Crippen molar-refractivity contribution in [1.29, 1.82) is 0 Å². The zero-order valence-electron chi connectivity index (χ0n) is 9.29. The molecule has 1 N–H and O–H groups in total. The van der Waals surface area contributed by atoms with Crippen LogP contribution in [0, 0.1) is 5.92 Å². The van der Waals surface area contributed by atoms with Gasteiger partial charge in [-0.25, -0.2) is 4.98 Å². The number of aromatic nitrogens is 1. The van der Waals surface area contributed by atoms with Gasteiger partial charge in [-0.15, -0.1) is 0 Å². The quantitative estimate of drug-likeness (QED) is 0.862. The van der Waals surface area contributed by atoms with Crippen molar-refractivity contribution in [3.63, 3.8) is 0 Å². The predicted molar refractivity (Wildman–Crippen MR) is 67.2 cm³/mol. The highest BCUT2D eigenvalue weighted by Crippen LogP contribution is 2.14. The molecule has 1 aromatic rings. The van der Waals surface area contributed by atoms with Gasteiger partial charge >= 0.3 is 0 Å². The van der Waals surface area contributed by atoms with Gasteiger partial charge < -0.3 is 10.1 Å². The van der Waals surface area contributed by atoms with Gasteiger partial charge in [-0.3, -0.25) is 0 Å². The van der Waals surface area contributed by atoms with E-state index < -0.39 is 0 Å². The molecule has 4 heteroatoms. The SMILES string of the molecule is Brc1cc(COCC2CCNCC2)ccn1. The fraction of sp³-hybridized carbons (Fsp3) is 0.583. The van der Waals surface area contributed by atoms with Crippen molar-refractivity contribution in [2.75, 3.05) is 19.7 Å². The van der Waals surface area contributed by atoms with Crippen LogP contribution in [0.4, 0.5) is 0 Å². The van der Waals surface area contributed by atoms with E-state index in [-0.39, 0.29) is 0 Å². The molecule has 88 valence electrons. The van der Waals surface area contributed by atoms with E-state index >= 15 is 0 Å². The minimum absolute atomic E-state index is 0.686. The summed E-state index contributed by atoms with van der Waals surface area (Å²) < 4.78 is 6.61. The second-order valence-electron chi connectivity index (χ2n) is 4.20. The van der Waals surface area contributed by atoms with E-state index in [9.17, 15) is 0 Å². The molecule has 0 unspecified atom stereocenters. The van der Waals surface area contributed by atoms with Crippen molar-refractivity contribution in [2.45, 2.75) is 19.4 Å².